The van der Waals surface area contributed by atoms with Crippen molar-refractivity contribution in [2.45, 2.75) is 13.8 Å². The maximum absolute atomic E-state index is 12.3. The van der Waals surface area contributed by atoms with Crippen molar-refractivity contribution in [2.24, 2.45) is 0 Å². The van der Waals surface area contributed by atoms with Gasteiger partial charge in [-0.2, -0.15) is 0 Å². The molecule has 23 heavy (non-hydrogen) atoms. The van der Waals surface area contributed by atoms with E-state index >= 15 is 0 Å². The molecule has 2 heterocycles. The fourth-order valence-corrected chi connectivity index (χ4v) is 3.04. The molecule has 0 fully saturated rings. The minimum Gasteiger partial charge on any atom is -0.497 e. The highest BCUT2D eigenvalue weighted by atomic mass is 32.1. The molecule has 0 aliphatic carbocycles. The van der Waals surface area contributed by atoms with E-state index in [0.29, 0.717) is 22.9 Å². The highest BCUT2D eigenvalue weighted by Gasteiger charge is 2.14. The van der Waals surface area contributed by atoms with Gasteiger partial charge in [-0.1, -0.05) is 5.16 Å². The van der Waals surface area contributed by atoms with Gasteiger partial charge in [0, 0.05) is 16.5 Å². The van der Waals surface area contributed by atoms with E-state index in [1.165, 1.54) is 4.88 Å². The number of thiophene rings is 1. The van der Waals surface area contributed by atoms with Gasteiger partial charge in [-0.25, -0.2) is 0 Å². The second kappa shape index (κ2) is 6.26. The van der Waals surface area contributed by atoms with Gasteiger partial charge in [0.1, 0.15) is 11.4 Å². The molecule has 6 heteroatoms. The zero-order valence-electron chi connectivity index (χ0n) is 13.0. The van der Waals surface area contributed by atoms with Crippen LogP contribution >= 0.6 is 11.3 Å². The molecule has 0 spiro atoms. The molecule has 3 rings (SSSR count). The molecule has 0 unspecified atom stereocenters. The van der Waals surface area contributed by atoms with Crippen LogP contribution in [0.2, 0.25) is 0 Å². The first-order valence-electron chi connectivity index (χ1n) is 7.06. The van der Waals surface area contributed by atoms with Crippen molar-refractivity contribution in [3.8, 4) is 16.3 Å². The minimum absolute atomic E-state index is 0.241. The average molecular weight is 328 g/mol. The SMILES string of the molecule is COc1ccc(C(=O)Nc2cc(-c3ccc(C)s3)no2)c(C)c1. The van der Waals surface area contributed by atoms with E-state index in [-0.39, 0.29) is 5.91 Å². The van der Waals surface area contributed by atoms with Crippen LogP contribution in [-0.2, 0) is 0 Å². The Morgan fingerprint density at radius 1 is 1.22 bits per heavy atom. The Balaban J connectivity index is 1.77. The predicted molar refractivity (Wildman–Crippen MR) is 90.2 cm³/mol. The number of hydrogen-bond acceptors (Lipinski definition) is 5. The smallest absolute Gasteiger partial charge is 0.258 e. The number of carbonyl (C=O) groups is 1. The molecule has 0 bridgehead atoms. The first-order valence-corrected chi connectivity index (χ1v) is 7.88. The van der Waals surface area contributed by atoms with Gasteiger partial charge >= 0.3 is 0 Å². The van der Waals surface area contributed by atoms with E-state index in [1.54, 1.807) is 36.6 Å². The van der Waals surface area contributed by atoms with E-state index in [1.807, 2.05) is 32.0 Å². The van der Waals surface area contributed by atoms with Crippen molar-refractivity contribution < 1.29 is 14.1 Å². The quantitative estimate of drug-likeness (QED) is 0.776. The van der Waals surface area contributed by atoms with Crippen molar-refractivity contribution in [3.05, 3.63) is 52.4 Å². The van der Waals surface area contributed by atoms with Crippen LogP contribution in [0.5, 0.6) is 5.75 Å². The highest BCUT2D eigenvalue weighted by Crippen LogP contribution is 2.28. The number of nitrogens with zero attached hydrogens (tertiary/aromatic N) is 1. The van der Waals surface area contributed by atoms with Crippen LogP contribution in [0.3, 0.4) is 0 Å². The summed E-state index contributed by atoms with van der Waals surface area (Å²) < 4.78 is 10.3. The first-order chi connectivity index (χ1) is 11.1. The van der Waals surface area contributed by atoms with Gasteiger partial charge in [0.25, 0.3) is 5.91 Å². The zero-order valence-corrected chi connectivity index (χ0v) is 13.9. The van der Waals surface area contributed by atoms with Crippen LogP contribution in [-0.4, -0.2) is 18.2 Å². The van der Waals surface area contributed by atoms with Crippen LogP contribution in [0.4, 0.5) is 5.88 Å². The van der Waals surface area contributed by atoms with Crippen LogP contribution in [0, 0.1) is 13.8 Å². The summed E-state index contributed by atoms with van der Waals surface area (Å²) in [6.07, 6.45) is 0. The molecule has 0 aliphatic rings. The van der Waals surface area contributed by atoms with E-state index in [4.69, 9.17) is 9.26 Å². The molecule has 0 atom stereocenters. The largest absolute Gasteiger partial charge is 0.497 e. The van der Waals surface area contributed by atoms with Crippen molar-refractivity contribution in [1.29, 1.82) is 0 Å². The monoisotopic (exact) mass is 328 g/mol. The number of rotatable bonds is 4. The van der Waals surface area contributed by atoms with Crippen molar-refractivity contribution in [2.75, 3.05) is 12.4 Å². The number of methoxy groups -OCH3 is 1. The predicted octanol–water partition coefficient (Wildman–Crippen LogP) is 4.28. The normalized spacial score (nSPS) is 10.6. The fourth-order valence-electron chi connectivity index (χ4n) is 2.22. The molecule has 5 nitrogen and oxygen atoms in total. The van der Waals surface area contributed by atoms with E-state index in [0.717, 1.165) is 10.4 Å². The van der Waals surface area contributed by atoms with Crippen LogP contribution in [0.1, 0.15) is 20.8 Å². The van der Waals surface area contributed by atoms with Gasteiger partial charge < -0.3 is 9.26 Å². The van der Waals surface area contributed by atoms with Gasteiger partial charge in [-0.15, -0.1) is 11.3 Å². The molecule has 0 radical (unpaired) electrons. The second-order valence-corrected chi connectivity index (χ2v) is 6.41. The Labute approximate surface area is 137 Å². The topological polar surface area (TPSA) is 64.4 Å². The number of carbonyl (C=O) groups excluding carboxylic acids is 1. The fraction of sp³-hybridized carbons (Fsp3) is 0.176. The molecule has 1 aromatic carbocycles. The summed E-state index contributed by atoms with van der Waals surface area (Å²) in [4.78, 5) is 14.6. The molecule has 2 aromatic heterocycles. The number of anilines is 1. The Kier molecular flexibility index (Phi) is 4.16. The minimum atomic E-state index is -0.241. The third kappa shape index (κ3) is 3.27. The molecule has 0 saturated heterocycles. The number of aryl methyl sites for hydroxylation is 2. The Hall–Kier alpha value is -2.60. The number of benzene rings is 1. The van der Waals surface area contributed by atoms with Gasteiger partial charge in [0.15, 0.2) is 0 Å². The second-order valence-electron chi connectivity index (χ2n) is 5.12. The summed E-state index contributed by atoms with van der Waals surface area (Å²) in [7, 11) is 1.59. The summed E-state index contributed by atoms with van der Waals surface area (Å²) in [5.74, 6) is 0.801. The Morgan fingerprint density at radius 3 is 2.70 bits per heavy atom. The molecule has 1 amide bonds. The summed E-state index contributed by atoms with van der Waals surface area (Å²) in [5.41, 5.74) is 2.11. The van der Waals surface area contributed by atoms with Gasteiger partial charge in [-0.3, -0.25) is 10.1 Å². The van der Waals surface area contributed by atoms with Crippen LogP contribution in [0.15, 0.2) is 40.9 Å². The maximum Gasteiger partial charge on any atom is 0.258 e. The van der Waals surface area contributed by atoms with Crippen LogP contribution in [0.25, 0.3) is 10.6 Å². The molecule has 3 aromatic rings. The molecular formula is C17H16N2O3S. The lowest BCUT2D eigenvalue weighted by molar-refractivity contribution is 0.102. The van der Waals surface area contributed by atoms with E-state index in [9.17, 15) is 4.79 Å². The summed E-state index contributed by atoms with van der Waals surface area (Å²) >= 11 is 1.63. The standard InChI is InChI=1S/C17H16N2O3S/c1-10-8-12(21-3)5-6-13(10)17(20)18-16-9-14(19-22-16)15-7-4-11(2)23-15/h4-9H,1-3H3,(H,18,20). The third-order valence-electron chi connectivity index (χ3n) is 3.42. The lowest BCUT2D eigenvalue weighted by Gasteiger charge is -2.07. The molecular weight excluding hydrogens is 312 g/mol. The van der Waals surface area contributed by atoms with Crippen molar-refractivity contribution in [3.63, 3.8) is 0 Å². The molecule has 0 saturated carbocycles. The van der Waals surface area contributed by atoms with Gasteiger partial charge in [0.05, 0.1) is 12.0 Å². The van der Waals surface area contributed by atoms with Crippen molar-refractivity contribution in [1.82, 2.24) is 5.16 Å². The van der Waals surface area contributed by atoms with Gasteiger partial charge in [-0.05, 0) is 49.7 Å². The third-order valence-corrected chi connectivity index (χ3v) is 4.44. The van der Waals surface area contributed by atoms with Crippen molar-refractivity contribution >= 4 is 23.1 Å². The summed E-state index contributed by atoms with van der Waals surface area (Å²) in [6.45, 7) is 3.89. The van der Waals surface area contributed by atoms with Crippen LogP contribution < -0.4 is 10.1 Å². The first kappa shape index (κ1) is 15.3. The maximum atomic E-state index is 12.3. The van der Waals surface area contributed by atoms with E-state index < -0.39 is 0 Å². The Morgan fingerprint density at radius 2 is 2.04 bits per heavy atom. The molecule has 0 aliphatic heterocycles. The average Bonchev–Trinajstić information content (AvgIpc) is 3.15. The number of amides is 1. The molecule has 118 valence electrons. The summed E-state index contributed by atoms with van der Waals surface area (Å²) in [6, 6.07) is 11.0. The zero-order chi connectivity index (χ0) is 16.4. The summed E-state index contributed by atoms with van der Waals surface area (Å²) in [5, 5.41) is 6.73. The molecule has 1 N–H and O–H groups in total. The number of nitrogens with one attached hydrogen (secondary N) is 1. The number of ether oxygens (including phenoxy) is 1. The highest BCUT2D eigenvalue weighted by molar-refractivity contribution is 7.15. The lowest BCUT2D eigenvalue weighted by atomic mass is 10.1. The van der Waals surface area contributed by atoms with Gasteiger partial charge in [0.2, 0.25) is 5.88 Å². The lowest BCUT2D eigenvalue weighted by Crippen LogP contribution is -2.12. The Bertz CT molecular complexity index is 851. The van der Waals surface area contributed by atoms with E-state index in [2.05, 4.69) is 10.5 Å². The number of aromatic nitrogens is 1. The number of hydrogen-bond donors (Lipinski definition) is 1.